The van der Waals surface area contributed by atoms with Gasteiger partial charge in [0.25, 0.3) is 0 Å². The second-order valence-corrected chi connectivity index (χ2v) is 4.03. The van der Waals surface area contributed by atoms with Crippen LogP contribution in [0.15, 0.2) is 18.5 Å². The molecule has 0 fully saturated rings. The van der Waals surface area contributed by atoms with E-state index in [1.54, 1.807) is 0 Å². The molecule has 0 amide bonds. The Morgan fingerprint density at radius 3 is 2.80 bits per heavy atom. The number of aromatic nitrogens is 2. The Hall–Kier alpha value is -0.540. The summed E-state index contributed by atoms with van der Waals surface area (Å²) in [4.78, 5) is 2.40. The smallest absolute Gasteiger partial charge is 0.0536 e. The van der Waals surface area contributed by atoms with Crippen LogP contribution in [0.4, 0.5) is 0 Å². The summed E-state index contributed by atoms with van der Waals surface area (Å²) in [7, 11) is 0. The van der Waals surface area contributed by atoms with Crippen LogP contribution in [0.1, 0.15) is 19.8 Å². The molecule has 3 nitrogen and oxygen atoms in total. The van der Waals surface area contributed by atoms with Gasteiger partial charge in [0.05, 0.1) is 6.54 Å². The predicted molar refractivity (Wildman–Crippen MR) is 64.3 cm³/mol. The van der Waals surface area contributed by atoms with Crippen LogP contribution in [0, 0.1) is 0 Å². The monoisotopic (exact) mass is 229 g/mol. The highest BCUT2D eigenvalue weighted by Gasteiger charge is 2.03. The standard InChI is InChI=1S/C11H20ClN3/c1-2-3-7-14(9-5-12)10-11-15-8-4-6-13-15/h4,6,8H,2-3,5,7,9-11H2,1H3. The minimum atomic E-state index is 0.711. The molecule has 15 heavy (non-hydrogen) atoms. The van der Waals surface area contributed by atoms with Gasteiger partial charge in [0.1, 0.15) is 0 Å². The van der Waals surface area contributed by atoms with Gasteiger partial charge in [0, 0.05) is 31.4 Å². The van der Waals surface area contributed by atoms with E-state index < -0.39 is 0 Å². The SMILES string of the molecule is CCCCN(CCCl)CCn1cccn1. The summed E-state index contributed by atoms with van der Waals surface area (Å²) < 4.78 is 1.97. The molecule has 1 rings (SSSR count). The summed E-state index contributed by atoms with van der Waals surface area (Å²) in [6, 6.07) is 1.96. The molecule has 0 aromatic carbocycles. The van der Waals surface area contributed by atoms with Crippen molar-refractivity contribution in [3.05, 3.63) is 18.5 Å². The van der Waals surface area contributed by atoms with Crippen LogP contribution in [0.25, 0.3) is 0 Å². The lowest BCUT2D eigenvalue weighted by Gasteiger charge is -2.20. The molecular weight excluding hydrogens is 210 g/mol. The zero-order valence-corrected chi connectivity index (χ0v) is 10.2. The zero-order valence-electron chi connectivity index (χ0n) is 9.40. The van der Waals surface area contributed by atoms with Gasteiger partial charge in [0.2, 0.25) is 0 Å². The predicted octanol–water partition coefficient (Wildman–Crippen LogP) is 2.22. The van der Waals surface area contributed by atoms with Crippen molar-refractivity contribution < 1.29 is 0 Å². The van der Waals surface area contributed by atoms with Crippen LogP contribution < -0.4 is 0 Å². The minimum absolute atomic E-state index is 0.711. The second kappa shape index (κ2) is 7.71. The van der Waals surface area contributed by atoms with E-state index in [0.717, 1.165) is 26.2 Å². The van der Waals surface area contributed by atoms with Crippen molar-refractivity contribution in [1.29, 1.82) is 0 Å². The van der Waals surface area contributed by atoms with Gasteiger partial charge in [-0.05, 0) is 19.0 Å². The molecular formula is C11H20ClN3. The quantitative estimate of drug-likeness (QED) is 0.638. The molecule has 0 atom stereocenters. The topological polar surface area (TPSA) is 21.1 Å². The van der Waals surface area contributed by atoms with Gasteiger partial charge in [-0.3, -0.25) is 4.68 Å². The molecule has 0 aliphatic rings. The van der Waals surface area contributed by atoms with E-state index in [0.29, 0.717) is 5.88 Å². The van der Waals surface area contributed by atoms with E-state index in [1.165, 1.54) is 12.8 Å². The second-order valence-electron chi connectivity index (χ2n) is 3.65. The van der Waals surface area contributed by atoms with Crippen LogP contribution in [-0.2, 0) is 6.54 Å². The number of nitrogens with zero attached hydrogens (tertiary/aromatic N) is 3. The largest absolute Gasteiger partial charge is 0.300 e. The molecule has 0 saturated carbocycles. The van der Waals surface area contributed by atoms with Gasteiger partial charge in [-0.25, -0.2) is 0 Å². The Kier molecular flexibility index (Phi) is 6.44. The molecule has 0 aliphatic heterocycles. The summed E-state index contributed by atoms with van der Waals surface area (Å²) in [6.07, 6.45) is 6.30. The average Bonchev–Trinajstić information content (AvgIpc) is 2.75. The third kappa shape index (κ3) is 5.19. The van der Waals surface area contributed by atoms with Crippen molar-refractivity contribution in [2.45, 2.75) is 26.3 Å². The highest BCUT2D eigenvalue weighted by molar-refractivity contribution is 6.18. The normalized spacial score (nSPS) is 11.1. The Bertz CT molecular complexity index is 236. The summed E-state index contributed by atoms with van der Waals surface area (Å²) in [5.74, 6) is 0.711. The van der Waals surface area contributed by atoms with E-state index in [-0.39, 0.29) is 0 Å². The first-order valence-corrected chi connectivity index (χ1v) is 6.16. The van der Waals surface area contributed by atoms with Crippen molar-refractivity contribution in [3.8, 4) is 0 Å². The first kappa shape index (κ1) is 12.5. The van der Waals surface area contributed by atoms with Crippen molar-refractivity contribution >= 4 is 11.6 Å². The minimum Gasteiger partial charge on any atom is -0.300 e. The number of rotatable bonds is 8. The van der Waals surface area contributed by atoms with E-state index in [1.807, 2.05) is 23.1 Å². The van der Waals surface area contributed by atoms with Crippen LogP contribution >= 0.6 is 11.6 Å². The fourth-order valence-electron chi connectivity index (χ4n) is 1.51. The first-order valence-electron chi connectivity index (χ1n) is 5.62. The molecule has 0 unspecified atom stereocenters. The van der Waals surface area contributed by atoms with Crippen molar-refractivity contribution in [2.24, 2.45) is 0 Å². The lowest BCUT2D eigenvalue weighted by molar-refractivity contribution is 0.269. The molecule has 86 valence electrons. The van der Waals surface area contributed by atoms with Gasteiger partial charge < -0.3 is 4.90 Å². The van der Waals surface area contributed by atoms with Crippen molar-refractivity contribution in [3.63, 3.8) is 0 Å². The summed E-state index contributed by atoms with van der Waals surface area (Å²) in [6.45, 7) is 6.32. The molecule has 0 N–H and O–H groups in total. The molecule has 0 spiro atoms. The van der Waals surface area contributed by atoms with Crippen LogP contribution in [0.3, 0.4) is 0 Å². The van der Waals surface area contributed by atoms with Crippen LogP contribution in [0.5, 0.6) is 0 Å². The number of halogens is 1. The van der Waals surface area contributed by atoms with Gasteiger partial charge in [-0.15, -0.1) is 11.6 Å². The lowest BCUT2D eigenvalue weighted by Crippen LogP contribution is -2.30. The third-order valence-electron chi connectivity index (χ3n) is 2.43. The van der Waals surface area contributed by atoms with Gasteiger partial charge in [0.15, 0.2) is 0 Å². The molecule has 1 heterocycles. The molecule has 1 aromatic rings. The first-order chi connectivity index (χ1) is 7.36. The number of hydrogen-bond donors (Lipinski definition) is 0. The maximum atomic E-state index is 5.77. The lowest BCUT2D eigenvalue weighted by atomic mass is 10.3. The van der Waals surface area contributed by atoms with E-state index in [9.17, 15) is 0 Å². The Morgan fingerprint density at radius 1 is 1.33 bits per heavy atom. The molecule has 1 aromatic heterocycles. The van der Waals surface area contributed by atoms with Gasteiger partial charge >= 0.3 is 0 Å². The zero-order chi connectivity index (χ0) is 10.9. The molecule has 0 bridgehead atoms. The summed E-state index contributed by atoms with van der Waals surface area (Å²) >= 11 is 5.77. The molecule has 0 aliphatic carbocycles. The van der Waals surface area contributed by atoms with Crippen molar-refractivity contribution in [2.75, 3.05) is 25.5 Å². The highest BCUT2D eigenvalue weighted by atomic mass is 35.5. The Labute approximate surface area is 97.0 Å². The Morgan fingerprint density at radius 2 is 2.20 bits per heavy atom. The maximum Gasteiger partial charge on any atom is 0.0536 e. The molecule has 0 radical (unpaired) electrons. The van der Waals surface area contributed by atoms with Crippen molar-refractivity contribution in [1.82, 2.24) is 14.7 Å². The third-order valence-corrected chi connectivity index (χ3v) is 2.60. The highest BCUT2D eigenvalue weighted by Crippen LogP contribution is 1.97. The average molecular weight is 230 g/mol. The number of alkyl halides is 1. The summed E-state index contributed by atoms with van der Waals surface area (Å²) in [5, 5.41) is 4.19. The van der Waals surface area contributed by atoms with Crippen LogP contribution in [0.2, 0.25) is 0 Å². The van der Waals surface area contributed by atoms with Crippen LogP contribution in [-0.4, -0.2) is 40.2 Å². The summed E-state index contributed by atoms with van der Waals surface area (Å²) in [5.41, 5.74) is 0. The van der Waals surface area contributed by atoms with E-state index in [2.05, 4.69) is 16.9 Å². The Balaban J connectivity index is 2.24. The molecule has 4 heteroatoms. The number of hydrogen-bond acceptors (Lipinski definition) is 2. The van der Waals surface area contributed by atoms with Gasteiger partial charge in [-0.2, -0.15) is 5.10 Å². The molecule has 0 saturated heterocycles. The van der Waals surface area contributed by atoms with Gasteiger partial charge in [-0.1, -0.05) is 13.3 Å². The van der Waals surface area contributed by atoms with E-state index in [4.69, 9.17) is 11.6 Å². The van der Waals surface area contributed by atoms with E-state index >= 15 is 0 Å². The fraction of sp³-hybridized carbons (Fsp3) is 0.727. The maximum absolute atomic E-state index is 5.77. The fourth-order valence-corrected chi connectivity index (χ4v) is 1.75. The number of unbranched alkanes of at least 4 members (excludes halogenated alkanes) is 1.